The lowest BCUT2D eigenvalue weighted by atomic mass is 9.80. The van der Waals surface area contributed by atoms with E-state index < -0.39 is 0 Å². The molecule has 1 aliphatic carbocycles. The van der Waals surface area contributed by atoms with E-state index >= 15 is 0 Å². The van der Waals surface area contributed by atoms with Gasteiger partial charge in [0.2, 0.25) is 0 Å². The van der Waals surface area contributed by atoms with E-state index in [-0.39, 0.29) is 5.41 Å². The van der Waals surface area contributed by atoms with Crippen LogP contribution < -0.4 is 0 Å². The molecular weight excluding hydrogens is 641 g/mol. The topological polar surface area (TPSA) is 25.8 Å². The first-order chi connectivity index (χ1) is 26.0. The molecule has 1 heterocycles. The second-order valence-electron chi connectivity index (χ2n) is 14.6. The molecule has 0 spiro atoms. The minimum atomic E-state index is -0.302. The summed E-state index contributed by atoms with van der Waals surface area (Å²) in [6, 6.07) is 65.4. The lowest BCUT2D eigenvalue weighted by molar-refractivity contribution is 0.658. The monoisotopic (exact) mass is 676 g/mol. The molecule has 10 rings (SSSR count). The molecule has 2 heteroatoms. The van der Waals surface area contributed by atoms with Gasteiger partial charge in [0, 0.05) is 27.7 Å². The highest BCUT2D eigenvalue weighted by Crippen LogP contribution is 2.54. The number of aromatic nitrogens is 2. The van der Waals surface area contributed by atoms with Crippen molar-refractivity contribution >= 4 is 21.5 Å². The Kier molecular flexibility index (Phi) is 7.19. The smallest absolute Gasteiger partial charge is 0.161 e. The van der Waals surface area contributed by atoms with Crippen molar-refractivity contribution in [3.05, 3.63) is 193 Å². The van der Waals surface area contributed by atoms with Gasteiger partial charge < -0.3 is 0 Å². The molecule has 9 aromatic rings. The van der Waals surface area contributed by atoms with Crippen LogP contribution in [0.5, 0.6) is 0 Å². The van der Waals surface area contributed by atoms with E-state index in [1.54, 1.807) is 0 Å². The summed E-state index contributed by atoms with van der Waals surface area (Å²) in [4.78, 5) is 11.0. The van der Waals surface area contributed by atoms with Crippen molar-refractivity contribution in [1.82, 2.24) is 9.97 Å². The Balaban J connectivity index is 1.14. The van der Waals surface area contributed by atoms with Crippen LogP contribution >= 0.6 is 0 Å². The van der Waals surface area contributed by atoms with E-state index in [1.807, 2.05) is 0 Å². The zero-order chi connectivity index (χ0) is 35.5. The fourth-order valence-corrected chi connectivity index (χ4v) is 8.38. The van der Waals surface area contributed by atoms with Crippen LogP contribution in [0.2, 0.25) is 0 Å². The Bertz CT molecular complexity index is 2840. The van der Waals surface area contributed by atoms with Gasteiger partial charge in [0.05, 0.1) is 11.4 Å². The van der Waals surface area contributed by atoms with Crippen LogP contribution in [-0.2, 0) is 5.41 Å². The molecule has 0 aliphatic heterocycles. The van der Waals surface area contributed by atoms with Gasteiger partial charge in [-0.15, -0.1) is 0 Å². The third-order valence-corrected chi connectivity index (χ3v) is 11.1. The number of fused-ring (bicyclic) bond motifs is 6. The quantitative estimate of drug-likeness (QED) is 0.181. The normalized spacial score (nSPS) is 12.9. The van der Waals surface area contributed by atoms with Crippen LogP contribution in [0.4, 0.5) is 0 Å². The summed E-state index contributed by atoms with van der Waals surface area (Å²) < 4.78 is 0. The van der Waals surface area contributed by atoms with E-state index in [9.17, 15) is 0 Å². The van der Waals surface area contributed by atoms with E-state index in [0.29, 0.717) is 0 Å². The van der Waals surface area contributed by atoms with Gasteiger partial charge in [-0.1, -0.05) is 184 Å². The molecule has 1 aromatic heterocycles. The average molecular weight is 677 g/mol. The number of nitrogens with zero attached hydrogens (tertiary/aromatic N) is 2. The average Bonchev–Trinajstić information content (AvgIpc) is 3.46. The van der Waals surface area contributed by atoms with E-state index in [2.05, 4.69) is 196 Å². The highest BCUT2D eigenvalue weighted by atomic mass is 14.9. The first-order valence-corrected chi connectivity index (χ1v) is 18.3. The molecule has 0 fully saturated rings. The third-order valence-electron chi connectivity index (χ3n) is 11.1. The Hall–Kier alpha value is -6.64. The van der Waals surface area contributed by atoms with Crippen LogP contribution in [0.1, 0.15) is 25.0 Å². The summed E-state index contributed by atoms with van der Waals surface area (Å²) in [5.41, 5.74) is 14.7. The van der Waals surface area contributed by atoms with Gasteiger partial charge in [0.25, 0.3) is 0 Å². The molecule has 0 N–H and O–H groups in total. The van der Waals surface area contributed by atoms with Crippen LogP contribution in [0.25, 0.3) is 88.8 Å². The second-order valence-corrected chi connectivity index (χ2v) is 14.6. The fraction of sp³-hybridized carbons (Fsp3) is 0.0588. The fourth-order valence-electron chi connectivity index (χ4n) is 8.38. The maximum Gasteiger partial charge on any atom is 0.161 e. The number of hydrogen-bond donors (Lipinski definition) is 0. The van der Waals surface area contributed by atoms with Crippen molar-refractivity contribution in [3.8, 4) is 67.3 Å². The lowest BCUT2D eigenvalue weighted by Crippen LogP contribution is -2.17. The van der Waals surface area contributed by atoms with Gasteiger partial charge in [0.15, 0.2) is 5.82 Å². The molecule has 1 aliphatic rings. The van der Waals surface area contributed by atoms with Crippen molar-refractivity contribution in [2.75, 3.05) is 0 Å². The number of rotatable bonds is 5. The maximum atomic E-state index is 5.52. The molecule has 53 heavy (non-hydrogen) atoms. The molecule has 250 valence electrons. The largest absolute Gasteiger partial charge is 0.228 e. The number of benzene rings is 8. The Morgan fingerprint density at radius 2 is 0.868 bits per heavy atom. The third kappa shape index (κ3) is 5.18. The molecule has 0 unspecified atom stereocenters. The van der Waals surface area contributed by atoms with Gasteiger partial charge in [-0.2, -0.15) is 0 Å². The van der Waals surface area contributed by atoms with Crippen molar-refractivity contribution in [3.63, 3.8) is 0 Å². The van der Waals surface area contributed by atoms with Crippen molar-refractivity contribution in [2.45, 2.75) is 19.3 Å². The zero-order valence-corrected chi connectivity index (χ0v) is 29.7. The van der Waals surface area contributed by atoms with Gasteiger partial charge in [-0.3, -0.25) is 0 Å². The van der Waals surface area contributed by atoms with E-state index in [4.69, 9.17) is 9.97 Å². The standard InChI is InChI=1S/C51H36N2/c1-51(2)45-30-29-37-16-7-9-23-43(37)46(45)49-47(51)48(52-50(53-49)44-24-12-17-36-15-6-8-22-42(36)44)41-21-11-20-40(32-41)39-19-10-18-38(31-39)35-27-25-34(26-28-35)33-13-4-3-5-14-33/h3-32H,1-2H3. The van der Waals surface area contributed by atoms with Gasteiger partial charge >= 0.3 is 0 Å². The molecule has 0 bridgehead atoms. The molecule has 0 amide bonds. The molecule has 2 nitrogen and oxygen atoms in total. The second kappa shape index (κ2) is 12.3. The summed E-state index contributed by atoms with van der Waals surface area (Å²) in [7, 11) is 0. The summed E-state index contributed by atoms with van der Waals surface area (Å²) in [5.74, 6) is 0.749. The Morgan fingerprint density at radius 1 is 0.377 bits per heavy atom. The Morgan fingerprint density at radius 3 is 1.60 bits per heavy atom. The highest BCUT2D eigenvalue weighted by Gasteiger charge is 2.41. The van der Waals surface area contributed by atoms with E-state index in [0.717, 1.165) is 39.3 Å². The predicted octanol–water partition coefficient (Wildman–Crippen LogP) is 13.4. The minimum Gasteiger partial charge on any atom is -0.228 e. The molecular formula is C51H36N2. The van der Waals surface area contributed by atoms with Gasteiger partial charge in [-0.05, 0) is 72.6 Å². The SMILES string of the molecule is CC1(C)c2ccc3ccccc3c2-c2nc(-c3cccc4ccccc34)nc(-c3cccc(-c4cccc(-c5ccc(-c6ccccc6)cc5)c4)c3)c21. The lowest BCUT2D eigenvalue weighted by Gasteiger charge is -2.24. The summed E-state index contributed by atoms with van der Waals surface area (Å²) in [5, 5.41) is 4.78. The van der Waals surface area contributed by atoms with E-state index in [1.165, 1.54) is 60.7 Å². The van der Waals surface area contributed by atoms with Crippen molar-refractivity contribution < 1.29 is 0 Å². The van der Waals surface area contributed by atoms with Crippen LogP contribution in [0, 0.1) is 0 Å². The van der Waals surface area contributed by atoms with Gasteiger partial charge in [0.1, 0.15) is 0 Å². The zero-order valence-electron chi connectivity index (χ0n) is 29.7. The Labute approximate surface area is 310 Å². The van der Waals surface area contributed by atoms with Crippen molar-refractivity contribution in [2.24, 2.45) is 0 Å². The number of hydrogen-bond acceptors (Lipinski definition) is 2. The van der Waals surface area contributed by atoms with Crippen LogP contribution in [0.15, 0.2) is 182 Å². The summed E-state index contributed by atoms with van der Waals surface area (Å²) >= 11 is 0. The maximum absolute atomic E-state index is 5.52. The molecule has 8 aromatic carbocycles. The highest BCUT2D eigenvalue weighted by molar-refractivity contribution is 6.04. The summed E-state index contributed by atoms with van der Waals surface area (Å²) in [6.45, 7) is 4.65. The molecule has 0 atom stereocenters. The summed E-state index contributed by atoms with van der Waals surface area (Å²) in [6.07, 6.45) is 0. The van der Waals surface area contributed by atoms with Crippen LogP contribution in [-0.4, -0.2) is 9.97 Å². The predicted molar refractivity (Wildman–Crippen MR) is 222 cm³/mol. The molecule has 0 saturated heterocycles. The molecule has 0 radical (unpaired) electrons. The van der Waals surface area contributed by atoms with Crippen LogP contribution in [0.3, 0.4) is 0 Å². The minimum absolute atomic E-state index is 0.302. The molecule has 0 saturated carbocycles. The van der Waals surface area contributed by atoms with Gasteiger partial charge in [-0.25, -0.2) is 9.97 Å². The first-order valence-electron chi connectivity index (χ1n) is 18.3. The first kappa shape index (κ1) is 31.1. The van der Waals surface area contributed by atoms with Crippen molar-refractivity contribution in [1.29, 1.82) is 0 Å².